The van der Waals surface area contributed by atoms with Crippen molar-refractivity contribution in [3.05, 3.63) is 11.4 Å². The van der Waals surface area contributed by atoms with Crippen LogP contribution in [0.25, 0.3) is 0 Å². The molecule has 0 aromatic carbocycles. The molecule has 114 valence electrons. The van der Waals surface area contributed by atoms with E-state index in [1.807, 2.05) is 13.8 Å². The summed E-state index contributed by atoms with van der Waals surface area (Å²) < 4.78 is 28.3. The molecule has 0 amide bonds. The number of carbonyl (C=O) groups is 1. The van der Waals surface area contributed by atoms with Crippen molar-refractivity contribution in [2.24, 2.45) is 5.92 Å². The quantitative estimate of drug-likeness (QED) is 0.813. The summed E-state index contributed by atoms with van der Waals surface area (Å²) in [6.45, 7) is 9.18. The van der Waals surface area contributed by atoms with Gasteiger partial charge in [0.2, 0.25) is 10.0 Å². The van der Waals surface area contributed by atoms with E-state index in [-0.39, 0.29) is 4.90 Å². The van der Waals surface area contributed by atoms with Crippen LogP contribution in [0.15, 0.2) is 4.90 Å². The summed E-state index contributed by atoms with van der Waals surface area (Å²) in [5, 5.41) is 13.0. The number of nitrogens with zero attached hydrogens (tertiary/aromatic N) is 2. The Morgan fingerprint density at radius 3 is 2.35 bits per heavy atom. The minimum atomic E-state index is -3.90. The van der Waals surface area contributed by atoms with Gasteiger partial charge in [-0.25, -0.2) is 8.42 Å². The number of carboxylic acids is 1. The van der Waals surface area contributed by atoms with Crippen LogP contribution < -0.4 is 4.72 Å². The molecule has 1 rings (SSSR count). The van der Waals surface area contributed by atoms with Crippen LogP contribution >= 0.6 is 0 Å². The second-order valence-corrected chi connectivity index (χ2v) is 6.91. The van der Waals surface area contributed by atoms with Gasteiger partial charge in [0.25, 0.3) is 0 Å². The van der Waals surface area contributed by atoms with Gasteiger partial charge >= 0.3 is 5.97 Å². The Kier molecular flexibility index (Phi) is 4.93. The molecule has 0 aliphatic heterocycles. The lowest BCUT2D eigenvalue weighted by molar-refractivity contribution is -0.138. The Morgan fingerprint density at radius 1 is 1.35 bits per heavy atom. The molecule has 2 N–H and O–H groups in total. The highest BCUT2D eigenvalue weighted by Crippen LogP contribution is 2.20. The zero-order valence-electron chi connectivity index (χ0n) is 12.3. The molecule has 7 nitrogen and oxygen atoms in total. The number of sulfonamides is 1. The largest absolute Gasteiger partial charge is 0.480 e. The van der Waals surface area contributed by atoms with E-state index < -0.39 is 22.0 Å². The smallest absolute Gasteiger partial charge is 0.321 e. The van der Waals surface area contributed by atoms with E-state index in [1.165, 1.54) is 6.92 Å². The fourth-order valence-electron chi connectivity index (χ4n) is 1.94. The summed E-state index contributed by atoms with van der Waals surface area (Å²) in [7, 11) is -3.90. The summed E-state index contributed by atoms with van der Waals surface area (Å²) >= 11 is 0. The monoisotopic (exact) mass is 303 g/mol. The van der Waals surface area contributed by atoms with Gasteiger partial charge in [0.1, 0.15) is 10.9 Å². The van der Waals surface area contributed by atoms with Crippen LogP contribution in [0.5, 0.6) is 0 Å². The fraction of sp³-hybridized carbons (Fsp3) is 0.667. The van der Waals surface area contributed by atoms with E-state index in [4.69, 9.17) is 5.11 Å². The van der Waals surface area contributed by atoms with E-state index in [1.54, 1.807) is 18.5 Å². The van der Waals surface area contributed by atoms with Gasteiger partial charge in [0, 0.05) is 6.54 Å². The van der Waals surface area contributed by atoms with Crippen LogP contribution in [0.3, 0.4) is 0 Å². The Balaban J connectivity index is 3.19. The summed E-state index contributed by atoms with van der Waals surface area (Å²) in [5.74, 6) is -0.895. The first-order chi connectivity index (χ1) is 9.06. The molecule has 0 bridgehead atoms. The maximum Gasteiger partial charge on any atom is 0.321 e. The minimum absolute atomic E-state index is 0.0613. The Morgan fingerprint density at radius 2 is 1.90 bits per heavy atom. The van der Waals surface area contributed by atoms with Crippen LogP contribution in [-0.4, -0.2) is 35.3 Å². The van der Waals surface area contributed by atoms with Crippen molar-refractivity contribution in [1.82, 2.24) is 14.5 Å². The Hall–Kier alpha value is -1.41. The number of hydrogen-bond donors (Lipinski definition) is 2. The predicted octanol–water partition coefficient (Wildman–Crippen LogP) is 0.907. The van der Waals surface area contributed by atoms with Gasteiger partial charge < -0.3 is 5.11 Å². The highest BCUT2D eigenvalue weighted by molar-refractivity contribution is 7.89. The molecule has 1 aromatic rings. The van der Waals surface area contributed by atoms with Gasteiger partial charge in [-0.1, -0.05) is 13.8 Å². The minimum Gasteiger partial charge on any atom is -0.480 e. The van der Waals surface area contributed by atoms with Gasteiger partial charge in [0.15, 0.2) is 0 Å². The van der Waals surface area contributed by atoms with E-state index >= 15 is 0 Å². The zero-order valence-corrected chi connectivity index (χ0v) is 13.2. The van der Waals surface area contributed by atoms with Crippen molar-refractivity contribution in [1.29, 1.82) is 0 Å². The highest BCUT2D eigenvalue weighted by atomic mass is 32.2. The number of aliphatic carboxylic acids is 1. The third-order valence-electron chi connectivity index (χ3n) is 2.82. The number of nitrogens with one attached hydrogen (secondary N) is 1. The third kappa shape index (κ3) is 3.57. The molecule has 1 atom stereocenters. The zero-order chi connectivity index (χ0) is 15.7. The number of carboxylic acid groups (broad SMARTS) is 1. The topological polar surface area (TPSA) is 101 Å². The molecule has 1 aromatic heterocycles. The van der Waals surface area contributed by atoms with Gasteiger partial charge in [-0.3, -0.25) is 9.48 Å². The lowest BCUT2D eigenvalue weighted by atomic mass is 10.2. The van der Waals surface area contributed by atoms with Crippen LogP contribution in [0.4, 0.5) is 0 Å². The first-order valence-electron chi connectivity index (χ1n) is 6.35. The summed E-state index contributed by atoms with van der Waals surface area (Å²) in [5.41, 5.74) is 0.884. The van der Waals surface area contributed by atoms with Crippen molar-refractivity contribution < 1.29 is 18.3 Å². The number of aromatic nitrogens is 2. The molecule has 0 saturated carbocycles. The van der Waals surface area contributed by atoms with Gasteiger partial charge in [-0.15, -0.1) is 0 Å². The third-order valence-corrected chi connectivity index (χ3v) is 4.62. The lowest BCUT2D eigenvalue weighted by Gasteiger charge is -2.11. The number of aryl methyl sites for hydroxylation is 1. The van der Waals surface area contributed by atoms with E-state index in [9.17, 15) is 13.2 Å². The molecular weight excluding hydrogens is 282 g/mol. The van der Waals surface area contributed by atoms with Crippen LogP contribution in [0, 0.1) is 19.8 Å². The normalized spacial score (nSPS) is 13.7. The summed E-state index contributed by atoms with van der Waals surface area (Å²) in [6, 6.07) is -1.19. The van der Waals surface area contributed by atoms with Gasteiger partial charge in [0.05, 0.1) is 11.4 Å². The van der Waals surface area contributed by atoms with E-state index in [0.717, 1.165) is 0 Å². The molecule has 0 unspecified atom stereocenters. The van der Waals surface area contributed by atoms with Crippen molar-refractivity contribution >= 4 is 16.0 Å². The maximum absolute atomic E-state index is 12.3. The summed E-state index contributed by atoms with van der Waals surface area (Å²) in [6.07, 6.45) is 0. The molecule has 0 aliphatic rings. The van der Waals surface area contributed by atoms with E-state index in [0.29, 0.717) is 23.9 Å². The molecular formula is C12H21N3O4S. The first-order valence-corrected chi connectivity index (χ1v) is 7.83. The number of hydrogen-bond acceptors (Lipinski definition) is 4. The molecule has 8 heteroatoms. The second kappa shape index (κ2) is 5.92. The van der Waals surface area contributed by atoms with Gasteiger partial charge in [-0.05, 0) is 26.7 Å². The van der Waals surface area contributed by atoms with Crippen molar-refractivity contribution in [2.45, 2.75) is 52.1 Å². The van der Waals surface area contributed by atoms with Gasteiger partial charge in [-0.2, -0.15) is 9.82 Å². The van der Waals surface area contributed by atoms with Crippen LogP contribution in [-0.2, 0) is 21.4 Å². The summed E-state index contributed by atoms with van der Waals surface area (Å²) in [4.78, 5) is 10.8. The second-order valence-electron chi connectivity index (χ2n) is 5.26. The van der Waals surface area contributed by atoms with Crippen LogP contribution in [0.1, 0.15) is 32.2 Å². The molecule has 0 spiro atoms. The molecule has 1 heterocycles. The lowest BCUT2D eigenvalue weighted by Crippen LogP contribution is -2.38. The van der Waals surface area contributed by atoms with Crippen molar-refractivity contribution in [3.8, 4) is 0 Å². The molecule has 0 fully saturated rings. The average Bonchev–Trinajstić information content (AvgIpc) is 2.52. The number of rotatable bonds is 6. The van der Waals surface area contributed by atoms with Crippen LogP contribution in [0.2, 0.25) is 0 Å². The van der Waals surface area contributed by atoms with Crippen molar-refractivity contribution in [2.75, 3.05) is 0 Å². The Labute approximate surface area is 119 Å². The Bertz CT molecular complexity index is 604. The fourth-order valence-corrected chi connectivity index (χ4v) is 3.54. The average molecular weight is 303 g/mol. The first kappa shape index (κ1) is 16.6. The van der Waals surface area contributed by atoms with E-state index in [2.05, 4.69) is 9.82 Å². The van der Waals surface area contributed by atoms with Crippen molar-refractivity contribution in [3.63, 3.8) is 0 Å². The molecule has 20 heavy (non-hydrogen) atoms. The standard InChI is InChI=1S/C12H21N3O4S/c1-7(2)6-15-10(5)11(8(3)13-15)20(18,19)14-9(4)12(16)17/h7,9,14H,6H2,1-5H3,(H,16,17)/t9-/m0/s1. The predicted molar refractivity (Wildman–Crippen MR) is 74.0 cm³/mol. The SMILES string of the molecule is Cc1nn(CC(C)C)c(C)c1S(=O)(=O)N[C@@H](C)C(=O)O. The molecule has 0 saturated heterocycles. The molecule has 0 radical (unpaired) electrons. The maximum atomic E-state index is 12.3. The molecule has 0 aliphatic carbocycles. The highest BCUT2D eigenvalue weighted by Gasteiger charge is 2.28.